The lowest BCUT2D eigenvalue weighted by Crippen LogP contribution is -2.28. The summed E-state index contributed by atoms with van der Waals surface area (Å²) in [6, 6.07) is 6.58. The van der Waals surface area contributed by atoms with Crippen LogP contribution in [0.3, 0.4) is 0 Å². The van der Waals surface area contributed by atoms with Gasteiger partial charge in [0.15, 0.2) is 0 Å². The zero-order valence-electron chi connectivity index (χ0n) is 12.1. The molecular weight excluding hydrogens is 302 g/mol. The van der Waals surface area contributed by atoms with Crippen molar-refractivity contribution in [3.63, 3.8) is 0 Å². The van der Waals surface area contributed by atoms with E-state index in [1.165, 1.54) is 15.6 Å². The first-order chi connectivity index (χ1) is 9.08. The highest BCUT2D eigenvalue weighted by Crippen LogP contribution is 2.35. The lowest BCUT2D eigenvalue weighted by molar-refractivity contribution is 0.0903. The number of benzene rings is 1. The Kier molecular flexibility index (Phi) is 5.43. The molecule has 1 aromatic carbocycles. The van der Waals surface area contributed by atoms with Gasteiger partial charge in [0.05, 0.1) is 6.10 Å². The summed E-state index contributed by atoms with van der Waals surface area (Å²) in [4.78, 5) is 0. The minimum Gasteiger partial charge on any atom is -0.373 e. The normalized spacial score (nSPS) is 23.2. The van der Waals surface area contributed by atoms with Crippen molar-refractivity contribution in [3.8, 4) is 0 Å². The average Bonchev–Trinajstić information content (AvgIpc) is 2.80. The second kappa shape index (κ2) is 6.87. The van der Waals surface area contributed by atoms with E-state index in [0.717, 1.165) is 26.1 Å². The van der Waals surface area contributed by atoms with Crippen LogP contribution >= 0.6 is 15.9 Å². The maximum atomic E-state index is 5.94. The maximum Gasteiger partial charge on any atom is 0.0866 e. The van der Waals surface area contributed by atoms with E-state index in [9.17, 15) is 0 Å². The number of ether oxygens (including phenoxy) is 1. The van der Waals surface area contributed by atoms with Crippen LogP contribution in [-0.4, -0.2) is 19.7 Å². The van der Waals surface area contributed by atoms with Gasteiger partial charge in [-0.3, -0.25) is 0 Å². The zero-order valence-corrected chi connectivity index (χ0v) is 13.7. The van der Waals surface area contributed by atoms with Crippen molar-refractivity contribution in [3.05, 3.63) is 33.8 Å². The van der Waals surface area contributed by atoms with E-state index in [2.05, 4.69) is 60.2 Å². The van der Waals surface area contributed by atoms with Crippen LogP contribution < -0.4 is 5.32 Å². The van der Waals surface area contributed by atoms with E-state index in [1.54, 1.807) is 0 Å². The monoisotopic (exact) mass is 325 g/mol. The van der Waals surface area contributed by atoms with Crippen molar-refractivity contribution in [1.29, 1.82) is 0 Å². The zero-order chi connectivity index (χ0) is 13.8. The Bertz CT molecular complexity index is 419. The van der Waals surface area contributed by atoms with Crippen LogP contribution in [0.25, 0.3) is 0 Å². The van der Waals surface area contributed by atoms with Gasteiger partial charge in [0.2, 0.25) is 0 Å². The Morgan fingerprint density at radius 2 is 2.21 bits per heavy atom. The SMILES string of the molecule is Cc1ccc(C2OCCC2CNCC(C)C)cc1Br. The van der Waals surface area contributed by atoms with E-state index in [4.69, 9.17) is 4.74 Å². The molecule has 0 amide bonds. The van der Waals surface area contributed by atoms with Crippen molar-refractivity contribution < 1.29 is 4.74 Å². The van der Waals surface area contributed by atoms with Crippen molar-refractivity contribution in [2.75, 3.05) is 19.7 Å². The van der Waals surface area contributed by atoms with Gasteiger partial charge in [-0.25, -0.2) is 0 Å². The number of nitrogens with one attached hydrogen (secondary N) is 1. The van der Waals surface area contributed by atoms with Crippen LogP contribution in [-0.2, 0) is 4.74 Å². The van der Waals surface area contributed by atoms with Crippen molar-refractivity contribution in [1.82, 2.24) is 5.32 Å². The Hall–Kier alpha value is -0.380. The topological polar surface area (TPSA) is 21.3 Å². The molecule has 1 heterocycles. The van der Waals surface area contributed by atoms with Crippen LogP contribution in [0.4, 0.5) is 0 Å². The molecule has 106 valence electrons. The van der Waals surface area contributed by atoms with Gasteiger partial charge in [-0.2, -0.15) is 0 Å². The summed E-state index contributed by atoms with van der Waals surface area (Å²) < 4.78 is 7.12. The predicted molar refractivity (Wildman–Crippen MR) is 83.4 cm³/mol. The summed E-state index contributed by atoms with van der Waals surface area (Å²) in [6.45, 7) is 9.61. The molecule has 3 heteroatoms. The van der Waals surface area contributed by atoms with E-state index in [0.29, 0.717) is 11.8 Å². The summed E-state index contributed by atoms with van der Waals surface area (Å²) in [5.74, 6) is 1.29. The number of hydrogen-bond acceptors (Lipinski definition) is 2. The second-order valence-corrected chi connectivity index (χ2v) is 6.76. The molecule has 0 bridgehead atoms. The fourth-order valence-corrected chi connectivity index (χ4v) is 2.95. The minimum atomic E-state index is 0.247. The first kappa shape index (κ1) is 15.0. The molecule has 1 aliphatic heterocycles. The molecule has 1 saturated heterocycles. The van der Waals surface area contributed by atoms with Gasteiger partial charge >= 0.3 is 0 Å². The highest BCUT2D eigenvalue weighted by Gasteiger charge is 2.29. The Labute approximate surface area is 125 Å². The molecule has 2 unspecified atom stereocenters. The number of aryl methyl sites for hydroxylation is 1. The molecule has 0 aromatic heterocycles. The first-order valence-corrected chi connectivity index (χ1v) is 7.95. The van der Waals surface area contributed by atoms with Gasteiger partial charge in [0.1, 0.15) is 0 Å². The van der Waals surface area contributed by atoms with Crippen molar-refractivity contribution in [2.24, 2.45) is 11.8 Å². The van der Waals surface area contributed by atoms with Gasteiger partial charge in [0.25, 0.3) is 0 Å². The van der Waals surface area contributed by atoms with Crippen molar-refractivity contribution in [2.45, 2.75) is 33.3 Å². The molecule has 0 radical (unpaired) electrons. The molecule has 1 aromatic rings. The molecule has 1 fully saturated rings. The van der Waals surface area contributed by atoms with E-state index >= 15 is 0 Å². The average molecular weight is 326 g/mol. The predicted octanol–water partition coefficient (Wildman–Crippen LogP) is 4.08. The fraction of sp³-hybridized carbons (Fsp3) is 0.625. The molecule has 0 aliphatic carbocycles. The first-order valence-electron chi connectivity index (χ1n) is 7.16. The summed E-state index contributed by atoms with van der Waals surface area (Å²) in [6.07, 6.45) is 1.40. The molecule has 19 heavy (non-hydrogen) atoms. The third-order valence-electron chi connectivity index (χ3n) is 3.70. The summed E-state index contributed by atoms with van der Waals surface area (Å²) >= 11 is 3.61. The summed E-state index contributed by atoms with van der Waals surface area (Å²) in [7, 11) is 0. The second-order valence-electron chi connectivity index (χ2n) is 5.90. The number of halogens is 1. The fourth-order valence-electron chi connectivity index (χ4n) is 2.55. The van der Waals surface area contributed by atoms with Gasteiger partial charge in [-0.1, -0.05) is 41.9 Å². The van der Waals surface area contributed by atoms with Crippen LogP contribution in [0.15, 0.2) is 22.7 Å². The molecule has 1 aliphatic rings. The van der Waals surface area contributed by atoms with Gasteiger partial charge in [0, 0.05) is 23.5 Å². The van der Waals surface area contributed by atoms with Gasteiger partial charge in [-0.15, -0.1) is 0 Å². The van der Waals surface area contributed by atoms with Crippen LogP contribution in [0, 0.1) is 18.8 Å². The standard InChI is InChI=1S/C16H24BrNO/c1-11(2)9-18-10-14-6-7-19-16(14)13-5-4-12(3)15(17)8-13/h4-5,8,11,14,16,18H,6-7,9-10H2,1-3H3. The highest BCUT2D eigenvalue weighted by molar-refractivity contribution is 9.10. The lowest BCUT2D eigenvalue weighted by atomic mass is 9.94. The Morgan fingerprint density at radius 1 is 1.42 bits per heavy atom. The molecule has 2 atom stereocenters. The largest absolute Gasteiger partial charge is 0.373 e. The Balaban J connectivity index is 1.99. The third kappa shape index (κ3) is 4.04. The summed E-state index contributed by atoms with van der Waals surface area (Å²) in [5.41, 5.74) is 2.57. The molecule has 0 saturated carbocycles. The molecule has 0 spiro atoms. The highest BCUT2D eigenvalue weighted by atomic mass is 79.9. The quantitative estimate of drug-likeness (QED) is 0.880. The van der Waals surface area contributed by atoms with E-state index in [-0.39, 0.29) is 6.10 Å². The smallest absolute Gasteiger partial charge is 0.0866 e. The van der Waals surface area contributed by atoms with Gasteiger partial charge < -0.3 is 10.1 Å². The van der Waals surface area contributed by atoms with Gasteiger partial charge in [-0.05, 0) is 43.0 Å². The van der Waals surface area contributed by atoms with E-state index < -0.39 is 0 Å². The molecule has 1 N–H and O–H groups in total. The van der Waals surface area contributed by atoms with Crippen LogP contribution in [0.5, 0.6) is 0 Å². The Morgan fingerprint density at radius 3 is 2.89 bits per heavy atom. The lowest BCUT2D eigenvalue weighted by Gasteiger charge is -2.20. The molecule has 2 nitrogen and oxygen atoms in total. The van der Waals surface area contributed by atoms with Crippen LogP contribution in [0.1, 0.15) is 37.5 Å². The molecule has 2 rings (SSSR count). The molecular formula is C16H24BrNO. The summed E-state index contributed by atoms with van der Waals surface area (Å²) in [5, 5.41) is 3.56. The van der Waals surface area contributed by atoms with Crippen LogP contribution in [0.2, 0.25) is 0 Å². The minimum absolute atomic E-state index is 0.247. The van der Waals surface area contributed by atoms with Crippen molar-refractivity contribution >= 4 is 15.9 Å². The third-order valence-corrected chi connectivity index (χ3v) is 4.55. The van der Waals surface area contributed by atoms with E-state index in [1.807, 2.05) is 0 Å². The number of rotatable bonds is 5. The maximum absolute atomic E-state index is 5.94. The number of hydrogen-bond donors (Lipinski definition) is 1.